The molecular weight excluding hydrogens is 153 g/mol. The molecule has 0 radical (unpaired) electrons. The molecule has 1 rings (SSSR count). The smallest absolute Gasteiger partial charge is 0.0906 e. The third kappa shape index (κ3) is 2.44. The van der Waals surface area contributed by atoms with Gasteiger partial charge < -0.3 is 5.32 Å². The highest BCUT2D eigenvalue weighted by atomic mass is 19.1. The normalized spacial score (nSPS) is 35.8. The van der Waals surface area contributed by atoms with Crippen molar-refractivity contribution in [1.82, 2.24) is 5.32 Å². The fraction of sp³-hybridized carbons (Fsp3) is 1.00. The van der Waals surface area contributed by atoms with Crippen molar-refractivity contribution in [2.24, 2.45) is 11.8 Å². The highest BCUT2D eigenvalue weighted by Crippen LogP contribution is 2.30. The monoisotopic (exact) mass is 173 g/mol. The second-order valence-electron chi connectivity index (χ2n) is 4.02. The van der Waals surface area contributed by atoms with Crippen LogP contribution in [0.5, 0.6) is 0 Å². The summed E-state index contributed by atoms with van der Waals surface area (Å²) in [5.74, 6) is 1.61. The number of hydrogen-bond acceptors (Lipinski definition) is 1. The summed E-state index contributed by atoms with van der Waals surface area (Å²) in [5.41, 5.74) is 0. The first-order valence-electron chi connectivity index (χ1n) is 5.05. The molecule has 0 spiro atoms. The lowest BCUT2D eigenvalue weighted by Crippen LogP contribution is -2.33. The van der Waals surface area contributed by atoms with Gasteiger partial charge in [0.15, 0.2) is 0 Å². The Morgan fingerprint density at radius 3 is 2.58 bits per heavy atom. The van der Waals surface area contributed by atoms with Crippen molar-refractivity contribution in [3.63, 3.8) is 0 Å². The molecular formula is C10H20FN. The first-order chi connectivity index (χ1) is 5.75. The Hall–Kier alpha value is -0.110. The fourth-order valence-electron chi connectivity index (χ4n) is 2.01. The maximum atomic E-state index is 11.8. The summed E-state index contributed by atoms with van der Waals surface area (Å²) >= 11 is 0. The van der Waals surface area contributed by atoms with Crippen LogP contribution in [0.15, 0.2) is 0 Å². The second-order valence-corrected chi connectivity index (χ2v) is 4.02. The van der Waals surface area contributed by atoms with Crippen LogP contribution in [-0.4, -0.2) is 19.3 Å². The van der Waals surface area contributed by atoms with Gasteiger partial charge in [-0.15, -0.1) is 0 Å². The van der Waals surface area contributed by atoms with Crippen LogP contribution >= 0.6 is 0 Å². The highest BCUT2D eigenvalue weighted by Gasteiger charge is 2.28. The van der Waals surface area contributed by atoms with Crippen LogP contribution in [0.4, 0.5) is 4.39 Å². The molecule has 1 aliphatic rings. The van der Waals surface area contributed by atoms with Crippen molar-refractivity contribution in [2.75, 3.05) is 13.2 Å². The maximum Gasteiger partial charge on any atom is 0.0906 e. The molecule has 0 aromatic carbocycles. The molecule has 0 bridgehead atoms. The lowest BCUT2D eigenvalue weighted by Gasteiger charge is -2.19. The minimum Gasteiger partial charge on any atom is -0.314 e. The number of hydrogen-bond donors (Lipinski definition) is 1. The summed E-state index contributed by atoms with van der Waals surface area (Å²) in [4.78, 5) is 0. The lowest BCUT2D eigenvalue weighted by molar-refractivity contribution is 0.360. The van der Waals surface area contributed by atoms with E-state index >= 15 is 0 Å². The first-order valence-corrected chi connectivity index (χ1v) is 5.05. The number of alkyl halides is 1. The molecule has 1 saturated carbocycles. The van der Waals surface area contributed by atoms with Crippen LogP contribution in [-0.2, 0) is 0 Å². The molecule has 3 atom stereocenters. The van der Waals surface area contributed by atoms with Crippen molar-refractivity contribution in [1.29, 1.82) is 0 Å². The van der Waals surface area contributed by atoms with Crippen LogP contribution in [0, 0.1) is 11.8 Å². The Bertz CT molecular complexity index is 127. The molecule has 0 saturated heterocycles. The van der Waals surface area contributed by atoms with E-state index in [-0.39, 0.29) is 6.67 Å². The minimum atomic E-state index is -0.191. The van der Waals surface area contributed by atoms with Gasteiger partial charge in [0.2, 0.25) is 0 Å². The van der Waals surface area contributed by atoms with Crippen LogP contribution in [0.25, 0.3) is 0 Å². The zero-order valence-corrected chi connectivity index (χ0v) is 8.15. The van der Waals surface area contributed by atoms with Gasteiger partial charge in [0, 0.05) is 6.04 Å². The van der Waals surface area contributed by atoms with Gasteiger partial charge >= 0.3 is 0 Å². The molecule has 12 heavy (non-hydrogen) atoms. The summed E-state index contributed by atoms with van der Waals surface area (Å²) in [7, 11) is 0. The Balaban J connectivity index is 2.16. The van der Waals surface area contributed by atoms with Gasteiger partial charge in [-0.05, 0) is 37.6 Å². The first kappa shape index (κ1) is 9.97. The summed E-state index contributed by atoms with van der Waals surface area (Å²) in [5, 5.41) is 3.42. The molecule has 1 N–H and O–H groups in total. The zero-order valence-electron chi connectivity index (χ0n) is 8.15. The van der Waals surface area contributed by atoms with Crippen molar-refractivity contribution in [3.05, 3.63) is 0 Å². The average molecular weight is 173 g/mol. The molecule has 1 nitrogen and oxygen atoms in total. The largest absolute Gasteiger partial charge is 0.314 e. The highest BCUT2D eigenvalue weighted by molar-refractivity contribution is 4.84. The molecule has 1 fully saturated rings. The topological polar surface area (TPSA) is 12.0 Å². The quantitative estimate of drug-likeness (QED) is 0.644. The van der Waals surface area contributed by atoms with E-state index in [1.807, 2.05) is 0 Å². The summed E-state index contributed by atoms with van der Waals surface area (Å²) in [6, 6.07) is 0.645. The standard InChI is InChI=1S/C10H20FN/c1-8-4-5-10(9(8)2)12-7-3-6-11/h8-10,12H,3-7H2,1-2H3. The molecule has 72 valence electrons. The Morgan fingerprint density at radius 2 is 2.08 bits per heavy atom. The summed E-state index contributed by atoms with van der Waals surface area (Å²) in [6.07, 6.45) is 3.26. The molecule has 0 amide bonds. The molecule has 0 aromatic rings. The van der Waals surface area contributed by atoms with Crippen LogP contribution < -0.4 is 5.32 Å². The van der Waals surface area contributed by atoms with E-state index in [1.54, 1.807) is 0 Å². The average Bonchev–Trinajstić information content (AvgIpc) is 2.36. The second kappa shape index (κ2) is 4.80. The SMILES string of the molecule is CC1CCC(NCCCF)C1C. The van der Waals surface area contributed by atoms with Gasteiger partial charge in [-0.1, -0.05) is 13.8 Å². The van der Waals surface area contributed by atoms with E-state index in [2.05, 4.69) is 19.2 Å². The molecule has 3 unspecified atom stereocenters. The van der Waals surface area contributed by atoms with E-state index in [1.165, 1.54) is 12.8 Å². The third-order valence-corrected chi connectivity index (χ3v) is 3.18. The number of nitrogens with one attached hydrogen (secondary N) is 1. The van der Waals surface area contributed by atoms with E-state index < -0.39 is 0 Å². The van der Waals surface area contributed by atoms with E-state index in [4.69, 9.17) is 0 Å². The van der Waals surface area contributed by atoms with Gasteiger partial charge in [-0.3, -0.25) is 4.39 Å². The Labute approximate surface area is 74.7 Å². The van der Waals surface area contributed by atoms with Gasteiger partial charge in [0.1, 0.15) is 0 Å². The molecule has 0 aromatic heterocycles. The van der Waals surface area contributed by atoms with Gasteiger partial charge in [0.05, 0.1) is 6.67 Å². The minimum absolute atomic E-state index is 0.191. The third-order valence-electron chi connectivity index (χ3n) is 3.18. The molecule has 0 aliphatic heterocycles. The van der Waals surface area contributed by atoms with Gasteiger partial charge in [0.25, 0.3) is 0 Å². The predicted octanol–water partition coefficient (Wildman–Crippen LogP) is 2.37. The molecule has 2 heteroatoms. The van der Waals surface area contributed by atoms with E-state index in [0.29, 0.717) is 12.5 Å². The number of halogens is 1. The van der Waals surface area contributed by atoms with E-state index in [9.17, 15) is 4.39 Å². The molecule has 0 heterocycles. The van der Waals surface area contributed by atoms with Crippen LogP contribution in [0.1, 0.15) is 33.1 Å². The maximum absolute atomic E-state index is 11.8. The van der Waals surface area contributed by atoms with Crippen molar-refractivity contribution in [3.8, 4) is 0 Å². The Morgan fingerprint density at radius 1 is 1.33 bits per heavy atom. The van der Waals surface area contributed by atoms with Crippen LogP contribution in [0.2, 0.25) is 0 Å². The van der Waals surface area contributed by atoms with Gasteiger partial charge in [-0.2, -0.15) is 0 Å². The molecule has 1 aliphatic carbocycles. The number of rotatable bonds is 4. The summed E-state index contributed by atoms with van der Waals surface area (Å²) < 4.78 is 11.8. The Kier molecular flexibility index (Phi) is 3.99. The summed E-state index contributed by atoms with van der Waals surface area (Å²) in [6.45, 7) is 5.26. The fourth-order valence-corrected chi connectivity index (χ4v) is 2.01. The van der Waals surface area contributed by atoms with E-state index in [0.717, 1.165) is 18.4 Å². The van der Waals surface area contributed by atoms with Crippen LogP contribution in [0.3, 0.4) is 0 Å². The predicted molar refractivity (Wildman–Crippen MR) is 49.9 cm³/mol. The van der Waals surface area contributed by atoms with Crippen molar-refractivity contribution < 1.29 is 4.39 Å². The van der Waals surface area contributed by atoms with Crippen molar-refractivity contribution in [2.45, 2.75) is 39.2 Å². The zero-order chi connectivity index (χ0) is 8.97. The van der Waals surface area contributed by atoms with Gasteiger partial charge in [-0.25, -0.2) is 0 Å². The van der Waals surface area contributed by atoms with Crippen molar-refractivity contribution >= 4 is 0 Å². The lowest BCUT2D eigenvalue weighted by atomic mass is 9.98.